The fraction of sp³-hybridized carbons (Fsp3) is 0.571. The van der Waals surface area contributed by atoms with Crippen LogP contribution in [0.3, 0.4) is 0 Å². The Balaban J connectivity index is 0.00000176. The number of benzene rings is 1. The van der Waals surface area contributed by atoms with Crippen molar-refractivity contribution in [2.24, 2.45) is 11.7 Å². The zero-order valence-corrected chi connectivity index (χ0v) is 14.2. The van der Waals surface area contributed by atoms with Crippen molar-refractivity contribution in [3.8, 4) is 11.5 Å². The van der Waals surface area contributed by atoms with E-state index in [0.717, 1.165) is 0 Å². The second kappa shape index (κ2) is 6.23. The van der Waals surface area contributed by atoms with Gasteiger partial charge < -0.3 is 15.2 Å². The normalized spacial score (nSPS) is 24.9. The number of hydrogen-bond acceptors (Lipinski definition) is 5. The van der Waals surface area contributed by atoms with Crippen molar-refractivity contribution in [2.45, 2.75) is 31.2 Å². The second-order valence-electron chi connectivity index (χ2n) is 5.76. The van der Waals surface area contributed by atoms with Crippen LogP contribution < -0.4 is 15.2 Å². The van der Waals surface area contributed by atoms with Crippen molar-refractivity contribution in [3.63, 3.8) is 0 Å². The molecule has 2 N–H and O–H groups in total. The molecule has 2 aliphatic heterocycles. The third-order valence-electron chi connectivity index (χ3n) is 4.22. The van der Waals surface area contributed by atoms with E-state index in [4.69, 9.17) is 15.2 Å². The van der Waals surface area contributed by atoms with Gasteiger partial charge >= 0.3 is 0 Å². The van der Waals surface area contributed by atoms with Crippen LogP contribution >= 0.6 is 12.4 Å². The Bertz CT molecular complexity index is 665. The van der Waals surface area contributed by atoms with E-state index in [-0.39, 0.29) is 36.1 Å². The topological polar surface area (TPSA) is 81.9 Å². The molecule has 1 aromatic carbocycles. The Labute approximate surface area is 137 Å². The molecule has 2 atom stereocenters. The average Bonchev–Trinajstić information content (AvgIpc) is 2.87. The van der Waals surface area contributed by atoms with Gasteiger partial charge in [0.25, 0.3) is 0 Å². The monoisotopic (exact) mass is 348 g/mol. The zero-order valence-electron chi connectivity index (χ0n) is 12.6. The molecule has 1 saturated heterocycles. The van der Waals surface area contributed by atoms with Crippen molar-refractivity contribution >= 4 is 22.4 Å². The number of hydrogen-bond donors (Lipinski definition) is 1. The molecule has 2 heterocycles. The predicted molar refractivity (Wildman–Crippen MR) is 85.1 cm³/mol. The van der Waals surface area contributed by atoms with Gasteiger partial charge in [0, 0.05) is 25.2 Å². The van der Waals surface area contributed by atoms with Crippen LogP contribution in [-0.4, -0.2) is 38.6 Å². The molecule has 0 aromatic heterocycles. The molecule has 0 radical (unpaired) electrons. The van der Waals surface area contributed by atoms with Crippen molar-refractivity contribution in [1.29, 1.82) is 0 Å². The Hall–Kier alpha value is -1.02. The number of aryl methyl sites for hydroxylation is 1. The predicted octanol–water partition coefficient (Wildman–Crippen LogP) is 1.50. The maximum absolute atomic E-state index is 12.8. The van der Waals surface area contributed by atoms with Crippen LogP contribution in [-0.2, 0) is 10.0 Å². The Morgan fingerprint density at radius 3 is 2.55 bits per heavy atom. The molecular weight excluding hydrogens is 328 g/mol. The number of nitrogens with zero attached hydrogens (tertiary/aromatic N) is 1. The standard InChI is InChI=1S/C14H20N2O4S.ClH/c1-9-5-12-13(20-8-19-12)6-14(9)21(17,18)16-4-3-11(15)10(2)7-16;/h5-6,10-11H,3-4,7-8,15H2,1-2H3;1H. The number of nitrogens with two attached hydrogens (primary N) is 1. The number of halogens is 1. The Morgan fingerprint density at radius 2 is 1.91 bits per heavy atom. The van der Waals surface area contributed by atoms with Gasteiger partial charge in [-0.3, -0.25) is 0 Å². The third kappa shape index (κ3) is 2.90. The van der Waals surface area contributed by atoms with E-state index in [9.17, 15) is 8.42 Å². The molecule has 1 aromatic rings. The van der Waals surface area contributed by atoms with Gasteiger partial charge in [-0.1, -0.05) is 6.92 Å². The lowest BCUT2D eigenvalue weighted by atomic mass is 9.96. The fourth-order valence-corrected chi connectivity index (χ4v) is 4.56. The summed E-state index contributed by atoms with van der Waals surface area (Å²) in [6.45, 7) is 4.81. The van der Waals surface area contributed by atoms with Crippen LogP contribution in [0.1, 0.15) is 18.9 Å². The van der Waals surface area contributed by atoms with Crippen molar-refractivity contribution < 1.29 is 17.9 Å². The van der Waals surface area contributed by atoms with Crippen LogP contribution in [0.25, 0.3) is 0 Å². The smallest absolute Gasteiger partial charge is 0.243 e. The molecule has 0 spiro atoms. The molecule has 2 aliphatic rings. The van der Waals surface area contributed by atoms with Crippen LogP contribution in [0.4, 0.5) is 0 Å². The van der Waals surface area contributed by atoms with Crippen LogP contribution in [0.15, 0.2) is 17.0 Å². The number of piperidine rings is 1. The molecular formula is C14H21ClN2O4S. The molecule has 3 rings (SSSR count). The van der Waals surface area contributed by atoms with Crippen LogP contribution in [0, 0.1) is 12.8 Å². The van der Waals surface area contributed by atoms with E-state index in [1.807, 2.05) is 6.92 Å². The lowest BCUT2D eigenvalue weighted by Crippen LogP contribution is -2.48. The van der Waals surface area contributed by atoms with Gasteiger partial charge in [-0.25, -0.2) is 8.42 Å². The zero-order chi connectivity index (χ0) is 15.2. The van der Waals surface area contributed by atoms with E-state index in [2.05, 4.69) is 0 Å². The minimum atomic E-state index is -3.53. The first-order valence-corrected chi connectivity index (χ1v) is 8.49. The van der Waals surface area contributed by atoms with E-state index in [1.165, 1.54) is 4.31 Å². The Morgan fingerprint density at radius 1 is 1.27 bits per heavy atom. The SMILES string of the molecule is Cc1cc2c(cc1S(=O)(=O)N1CCC(N)C(C)C1)OCO2.Cl. The molecule has 22 heavy (non-hydrogen) atoms. The highest BCUT2D eigenvalue weighted by molar-refractivity contribution is 7.89. The summed E-state index contributed by atoms with van der Waals surface area (Å²) in [7, 11) is -3.53. The highest BCUT2D eigenvalue weighted by Crippen LogP contribution is 2.37. The fourth-order valence-electron chi connectivity index (χ4n) is 2.79. The molecule has 124 valence electrons. The van der Waals surface area contributed by atoms with Gasteiger partial charge in [-0.15, -0.1) is 12.4 Å². The second-order valence-corrected chi connectivity index (χ2v) is 7.67. The summed E-state index contributed by atoms with van der Waals surface area (Å²) in [6.07, 6.45) is 0.685. The van der Waals surface area contributed by atoms with Gasteiger partial charge in [0.15, 0.2) is 11.5 Å². The van der Waals surface area contributed by atoms with Crippen LogP contribution in [0.5, 0.6) is 11.5 Å². The summed E-state index contributed by atoms with van der Waals surface area (Å²) in [5, 5.41) is 0. The highest BCUT2D eigenvalue weighted by Gasteiger charge is 2.34. The minimum Gasteiger partial charge on any atom is -0.454 e. The number of sulfonamides is 1. The van der Waals surface area contributed by atoms with Gasteiger partial charge in [0.2, 0.25) is 16.8 Å². The van der Waals surface area contributed by atoms with Crippen molar-refractivity contribution in [1.82, 2.24) is 4.31 Å². The van der Waals surface area contributed by atoms with E-state index in [0.29, 0.717) is 36.6 Å². The third-order valence-corrected chi connectivity index (χ3v) is 6.23. The molecule has 0 aliphatic carbocycles. The van der Waals surface area contributed by atoms with Gasteiger partial charge in [-0.2, -0.15) is 4.31 Å². The molecule has 0 amide bonds. The minimum absolute atomic E-state index is 0. The maximum Gasteiger partial charge on any atom is 0.243 e. The lowest BCUT2D eigenvalue weighted by molar-refractivity contribution is 0.174. The maximum atomic E-state index is 12.8. The highest BCUT2D eigenvalue weighted by atomic mass is 35.5. The van der Waals surface area contributed by atoms with E-state index < -0.39 is 10.0 Å². The first-order valence-electron chi connectivity index (χ1n) is 7.05. The van der Waals surface area contributed by atoms with Crippen molar-refractivity contribution in [2.75, 3.05) is 19.9 Å². The summed E-state index contributed by atoms with van der Waals surface area (Å²) in [5.74, 6) is 1.24. The summed E-state index contributed by atoms with van der Waals surface area (Å²) >= 11 is 0. The number of fused-ring (bicyclic) bond motifs is 1. The van der Waals surface area contributed by atoms with Crippen LogP contribution in [0.2, 0.25) is 0 Å². The summed E-state index contributed by atoms with van der Waals surface area (Å²) in [4.78, 5) is 0.287. The largest absolute Gasteiger partial charge is 0.454 e. The number of rotatable bonds is 2. The van der Waals surface area contributed by atoms with Gasteiger partial charge in [0.05, 0.1) is 4.90 Å². The van der Waals surface area contributed by atoms with E-state index in [1.54, 1.807) is 19.1 Å². The average molecular weight is 349 g/mol. The molecule has 8 heteroatoms. The summed E-state index contributed by atoms with van der Waals surface area (Å²) in [5.41, 5.74) is 6.64. The van der Waals surface area contributed by atoms with Gasteiger partial charge in [-0.05, 0) is 30.9 Å². The first kappa shape index (κ1) is 17.3. The molecule has 0 bridgehead atoms. The quantitative estimate of drug-likeness (QED) is 0.876. The van der Waals surface area contributed by atoms with Gasteiger partial charge in [0.1, 0.15) is 0 Å². The van der Waals surface area contributed by atoms with E-state index >= 15 is 0 Å². The first-order chi connectivity index (χ1) is 9.89. The molecule has 1 fully saturated rings. The summed E-state index contributed by atoms with van der Waals surface area (Å²) in [6, 6.07) is 3.34. The lowest BCUT2D eigenvalue weighted by Gasteiger charge is -2.34. The molecule has 0 saturated carbocycles. The molecule has 2 unspecified atom stereocenters. The molecule has 6 nitrogen and oxygen atoms in total. The number of ether oxygens (including phenoxy) is 2. The summed E-state index contributed by atoms with van der Waals surface area (Å²) < 4.78 is 37.8. The Kier molecular flexibility index (Phi) is 4.91. The van der Waals surface area contributed by atoms with Crippen molar-refractivity contribution in [3.05, 3.63) is 17.7 Å².